The predicted molar refractivity (Wildman–Crippen MR) is 102 cm³/mol. The number of phenols is 2. The van der Waals surface area contributed by atoms with E-state index in [-0.39, 0.29) is 34.0 Å². The average Bonchev–Trinajstić information content (AvgIpc) is 3.09. The molecule has 5 N–H and O–H groups in total. The van der Waals surface area contributed by atoms with E-state index in [1.165, 1.54) is 24.3 Å². The van der Waals surface area contributed by atoms with Crippen LogP contribution in [0.2, 0.25) is 0 Å². The van der Waals surface area contributed by atoms with Crippen LogP contribution in [0.25, 0.3) is 22.3 Å². The van der Waals surface area contributed by atoms with Crippen molar-refractivity contribution < 1.29 is 39.4 Å². The minimum Gasteiger partial charge on any atom is -0.508 e. The van der Waals surface area contributed by atoms with Crippen LogP contribution in [0.15, 0.2) is 45.6 Å². The summed E-state index contributed by atoms with van der Waals surface area (Å²) in [6.07, 6.45) is -5.74. The van der Waals surface area contributed by atoms with Crippen LogP contribution in [0.3, 0.4) is 0 Å². The second-order valence-corrected chi connectivity index (χ2v) is 7.37. The molecule has 0 spiro atoms. The third kappa shape index (κ3) is 2.67. The summed E-state index contributed by atoms with van der Waals surface area (Å²) in [5, 5.41) is 49.9. The van der Waals surface area contributed by atoms with Crippen molar-refractivity contribution in [1.29, 1.82) is 0 Å². The van der Waals surface area contributed by atoms with Crippen molar-refractivity contribution in [1.82, 2.24) is 0 Å². The largest absolute Gasteiger partial charge is 0.508 e. The highest BCUT2D eigenvalue weighted by Gasteiger charge is 2.52. The number of aliphatic hydroxyl groups excluding tert-OH is 3. The smallest absolute Gasteiger partial charge is 0.197 e. The third-order valence-electron chi connectivity index (χ3n) is 5.55. The van der Waals surface area contributed by atoms with Crippen LogP contribution in [0.4, 0.5) is 0 Å². The van der Waals surface area contributed by atoms with Gasteiger partial charge in [0.05, 0.1) is 12.2 Å². The van der Waals surface area contributed by atoms with Crippen LogP contribution >= 0.6 is 0 Å². The lowest BCUT2D eigenvalue weighted by molar-refractivity contribution is -0.215. The molecule has 5 atom stereocenters. The van der Waals surface area contributed by atoms with Crippen LogP contribution < -0.4 is 10.2 Å². The van der Waals surface area contributed by atoms with Gasteiger partial charge in [0.2, 0.25) is 0 Å². The van der Waals surface area contributed by atoms with Gasteiger partial charge in [0, 0.05) is 17.7 Å². The molecule has 5 rings (SSSR count). The van der Waals surface area contributed by atoms with Crippen molar-refractivity contribution in [2.45, 2.75) is 30.5 Å². The molecule has 0 radical (unpaired) electrons. The number of ether oxygens (including phenoxy) is 2. The summed E-state index contributed by atoms with van der Waals surface area (Å²) in [6, 6.07) is 8.49. The van der Waals surface area contributed by atoms with Crippen molar-refractivity contribution >= 4 is 11.0 Å². The second-order valence-electron chi connectivity index (χ2n) is 7.37. The first-order chi connectivity index (χ1) is 14.4. The van der Waals surface area contributed by atoms with Gasteiger partial charge >= 0.3 is 0 Å². The first-order valence-electron chi connectivity index (χ1n) is 9.31. The van der Waals surface area contributed by atoms with Gasteiger partial charge in [-0.25, -0.2) is 0 Å². The summed E-state index contributed by atoms with van der Waals surface area (Å²) >= 11 is 0. The lowest BCUT2D eigenvalue weighted by Crippen LogP contribution is -2.55. The molecule has 30 heavy (non-hydrogen) atoms. The van der Waals surface area contributed by atoms with Crippen molar-refractivity contribution in [2.75, 3.05) is 6.61 Å². The van der Waals surface area contributed by atoms with Crippen LogP contribution in [-0.2, 0) is 4.74 Å². The van der Waals surface area contributed by atoms with Gasteiger partial charge in [-0.1, -0.05) is 0 Å². The minimum atomic E-state index is -1.37. The Kier molecular flexibility index (Phi) is 4.23. The molecule has 3 heterocycles. The molecule has 0 amide bonds. The summed E-state index contributed by atoms with van der Waals surface area (Å²) < 4.78 is 17.4. The molecule has 1 fully saturated rings. The Morgan fingerprint density at radius 2 is 1.73 bits per heavy atom. The van der Waals surface area contributed by atoms with E-state index in [9.17, 15) is 30.3 Å². The minimum absolute atomic E-state index is 0.0216. The molecule has 9 nitrogen and oxygen atoms in total. The quantitative estimate of drug-likeness (QED) is 0.410. The first-order valence-corrected chi connectivity index (χ1v) is 9.31. The van der Waals surface area contributed by atoms with Gasteiger partial charge in [-0.05, 0) is 24.3 Å². The van der Waals surface area contributed by atoms with Gasteiger partial charge in [0.1, 0.15) is 52.8 Å². The zero-order valence-electron chi connectivity index (χ0n) is 15.4. The number of aliphatic hydroxyl groups is 3. The molecule has 1 aromatic heterocycles. The Labute approximate surface area is 169 Å². The Morgan fingerprint density at radius 1 is 1.00 bits per heavy atom. The van der Waals surface area contributed by atoms with E-state index in [0.717, 1.165) is 0 Å². The number of hydrogen-bond acceptors (Lipinski definition) is 9. The standard InChI is InChI=1S/C21H18O9/c22-7-14-17(26)18(27)21-20(30-14)16-13(29-21)6-11(25)15-10(24)5-12(28-19(15)16)8-1-3-9(23)4-2-8/h1-6,14,17-18,20-23,25-27H,7H2. The average molecular weight is 414 g/mol. The maximum Gasteiger partial charge on any atom is 0.197 e. The molecule has 9 heteroatoms. The van der Waals surface area contributed by atoms with Crippen LogP contribution in [0.1, 0.15) is 11.7 Å². The molecule has 2 aliphatic heterocycles. The highest BCUT2D eigenvalue weighted by Crippen LogP contribution is 2.49. The monoisotopic (exact) mass is 414 g/mol. The fourth-order valence-electron chi connectivity index (χ4n) is 4.05. The van der Waals surface area contributed by atoms with E-state index < -0.39 is 42.6 Å². The fraction of sp³-hybridized carbons (Fsp3) is 0.286. The van der Waals surface area contributed by atoms with Gasteiger partial charge in [-0.15, -0.1) is 0 Å². The molecule has 5 unspecified atom stereocenters. The number of fused-ring (bicyclic) bond motifs is 5. The zero-order valence-corrected chi connectivity index (χ0v) is 15.4. The Morgan fingerprint density at radius 3 is 2.43 bits per heavy atom. The summed E-state index contributed by atoms with van der Waals surface area (Å²) in [5.74, 6) is 0.0294. The zero-order chi connectivity index (χ0) is 21.2. The number of hydrogen-bond donors (Lipinski definition) is 5. The van der Waals surface area contributed by atoms with E-state index in [2.05, 4.69) is 0 Å². The lowest BCUT2D eigenvalue weighted by atomic mass is 9.92. The molecule has 0 bridgehead atoms. The van der Waals surface area contributed by atoms with E-state index >= 15 is 0 Å². The highest BCUT2D eigenvalue weighted by molar-refractivity contribution is 5.90. The number of phenolic OH excluding ortho intramolecular Hbond substituents is 2. The fourth-order valence-corrected chi connectivity index (χ4v) is 4.05. The Hall–Kier alpha value is -3.11. The number of rotatable bonds is 2. The molecule has 0 saturated carbocycles. The van der Waals surface area contributed by atoms with Crippen molar-refractivity contribution in [2.24, 2.45) is 0 Å². The Balaban J connectivity index is 1.73. The first kappa shape index (κ1) is 18.9. The summed E-state index contributed by atoms with van der Waals surface area (Å²) in [7, 11) is 0. The molecule has 3 aromatic rings. The summed E-state index contributed by atoms with van der Waals surface area (Å²) in [5.41, 5.74) is 0.342. The van der Waals surface area contributed by atoms with Gasteiger partial charge in [0.15, 0.2) is 17.1 Å². The molecule has 2 aliphatic rings. The SMILES string of the molecule is O=c1cc(-c2ccc(O)cc2)oc2c3c(cc(O)c12)OC1C3OC(CO)C(O)C1O. The highest BCUT2D eigenvalue weighted by atomic mass is 16.6. The topological polar surface area (TPSA) is 150 Å². The maximum absolute atomic E-state index is 12.8. The summed E-state index contributed by atoms with van der Waals surface area (Å²) in [4.78, 5) is 12.8. The van der Waals surface area contributed by atoms with Crippen LogP contribution in [0, 0.1) is 0 Å². The van der Waals surface area contributed by atoms with E-state index in [0.29, 0.717) is 11.1 Å². The number of benzene rings is 2. The van der Waals surface area contributed by atoms with Gasteiger partial charge in [0.25, 0.3) is 0 Å². The third-order valence-corrected chi connectivity index (χ3v) is 5.55. The van der Waals surface area contributed by atoms with Gasteiger partial charge < -0.3 is 39.4 Å². The normalized spacial score (nSPS) is 27.5. The van der Waals surface area contributed by atoms with E-state index in [1.54, 1.807) is 12.1 Å². The molecular weight excluding hydrogens is 396 g/mol. The van der Waals surface area contributed by atoms with Gasteiger partial charge in [-0.2, -0.15) is 0 Å². The molecular formula is C21H18O9. The van der Waals surface area contributed by atoms with E-state index in [4.69, 9.17) is 13.9 Å². The number of aromatic hydroxyl groups is 2. The van der Waals surface area contributed by atoms with Crippen molar-refractivity contribution in [3.8, 4) is 28.6 Å². The Bertz CT molecular complexity index is 1180. The molecule has 1 saturated heterocycles. The van der Waals surface area contributed by atoms with Crippen LogP contribution in [-0.4, -0.2) is 56.6 Å². The molecule has 0 aliphatic carbocycles. The summed E-state index contributed by atoms with van der Waals surface area (Å²) in [6.45, 7) is -0.532. The van der Waals surface area contributed by atoms with Crippen LogP contribution in [0.5, 0.6) is 17.2 Å². The maximum atomic E-state index is 12.8. The molecule has 2 aromatic carbocycles. The second kappa shape index (κ2) is 6.71. The van der Waals surface area contributed by atoms with Crippen molar-refractivity contribution in [3.63, 3.8) is 0 Å². The van der Waals surface area contributed by atoms with Gasteiger partial charge in [-0.3, -0.25) is 4.79 Å². The molecule has 156 valence electrons. The predicted octanol–water partition coefficient (Wildman–Crippen LogP) is 0.786. The van der Waals surface area contributed by atoms with Crippen molar-refractivity contribution in [3.05, 3.63) is 52.2 Å². The lowest BCUT2D eigenvalue weighted by Gasteiger charge is -2.38. The van der Waals surface area contributed by atoms with E-state index in [1.807, 2.05) is 0 Å².